The minimum atomic E-state index is -4.56. The lowest BCUT2D eigenvalue weighted by Crippen LogP contribution is -2.42. The minimum absolute atomic E-state index is 0.0231. The zero-order valence-electron chi connectivity index (χ0n) is 21.2. The number of benzene rings is 2. The van der Waals surface area contributed by atoms with Crippen LogP contribution in [-0.2, 0) is 26.7 Å². The standard InChI is InChI=1S/C26H24ClF3N2O7S2/c27-21-22(39-13-20(33)34)24(25(35)36)40-23(21)16-4-2-6-19(12-16)31-18-7-9-32(10-8-18)41(37,38)14-15-3-1-5-17(11-15)26(28,29)30/h1-6,11-12,18,31H,7-10,13-14H2,(H,33,34)(H,35,36). The molecule has 0 bridgehead atoms. The highest BCUT2D eigenvalue weighted by Gasteiger charge is 2.32. The Balaban J connectivity index is 1.42. The molecule has 9 nitrogen and oxygen atoms in total. The fraction of sp³-hybridized carbons (Fsp3) is 0.308. The molecule has 1 aromatic heterocycles. The highest BCUT2D eigenvalue weighted by Crippen LogP contribution is 2.46. The van der Waals surface area contributed by atoms with E-state index < -0.39 is 46.1 Å². The predicted octanol–water partition coefficient (Wildman–Crippen LogP) is 5.66. The van der Waals surface area contributed by atoms with Gasteiger partial charge < -0.3 is 20.3 Å². The monoisotopic (exact) mass is 632 g/mol. The molecule has 220 valence electrons. The predicted molar refractivity (Wildman–Crippen MR) is 147 cm³/mol. The van der Waals surface area contributed by atoms with Crippen molar-refractivity contribution in [1.82, 2.24) is 4.31 Å². The van der Waals surface area contributed by atoms with Gasteiger partial charge in [-0.2, -0.15) is 13.2 Å². The summed E-state index contributed by atoms with van der Waals surface area (Å²) in [6.07, 6.45) is -3.67. The molecule has 0 saturated carbocycles. The molecule has 0 aliphatic carbocycles. The van der Waals surface area contributed by atoms with Crippen molar-refractivity contribution < 1.29 is 46.1 Å². The summed E-state index contributed by atoms with van der Waals surface area (Å²) in [5.74, 6) is -3.35. The van der Waals surface area contributed by atoms with E-state index in [0.29, 0.717) is 29.0 Å². The maximum absolute atomic E-state index is 13.0. The Kier molecular flexibility index (Phi) is 9.16. The first kappa shape index (κ1) is 30.6. The Bertz CT molecular complexity index is 1550. The molecule has 0 atom stereocenters. The van der Waals surface area contributed by atoms with E-state index in [2.05, 4.69) is 5.32 Å². The quantitative estimate of drug-likeness (QED) is 0.261. The Morgan fingerprint density at radius 2 is 1.78 bits per heavy atom. The number of nitrogens with zero attached hydrogens (tertiary/aromatic N) is 1. The van der Waals surface area contributed by atoms with Crippen LogP contribution in [-0.4, -0.2) is 60.6 Å². The van der Waals surface area contributed by atoms with E-state index in [1.54, 1.807) is 24.3 Å². The number of rotatable bonds is 10. The fourth-order valence-corrected chi connectivity index (χ4v) is 7.34. The van der Waals surface area contributed by atoms with E-state index in [-0.39, 0.29) is 40.3 Å². The third-order valence-corrected chi connectivity index (χ3v) is 9.82. The largest absolute Gasteiger partial charge is 0.479 e. The summed E-state index contributed by atoms with van der Waals surface area (Å²) in [4.78, 5) is 22.7. The van der Waals surface area contributed by atoms with E-state index in [9.17, 15) is 36.3 Å². The molecule has 3 N–H and O–H groups in total. The minimum Gasteiger partial charge on any atom is -0.479 e. The first-order chi connectivity index (χ1) is 19.2. The zero-order chi connectivity index (χ0) is 29.9. The van der Waals surface area contributed by atoms with Crippen LogP contribution in [0.4, 0.5) is 18.9 Å². The number of hydrogen-bond donors (Lipinski definition) is 3. The number of piperidine rings is 1. The molecule has 41 heavy (non-hydrogen) atoms. The number of aliphatic carboxylic acids is 1. The van der Waals surface area contributed by atoms with E-state index in [1.807, 2.05) is 0 Å². The second kappa shape index (κ2) is 12.3. The van der Waals surface area contributed by atoms with Gasteiger partial charge in [0.2, 0.25) is 10.0 Å². The number of carbonyl (C=O) groups is 2. The van der Waals surface area contributed by atoms with Gasteiger partial charge in [-0.25, -0.2) is 22.3 Å². The van der Waals surface area contributed by atoms with Gasteiger partial charge in [-0.15, -0.1) is 11.3 Å². The van der Waals surface area contributed by atoms with Crippen LogP contribution in [0.1, 0.15) is 33.6 Å². The Labute approximate surface area is 242 Å². The van der Waals surface area contributed by atoms with Gasteiger partial charge in [0, 0.05) is 24.8 Å². The Morgan fingerprint density at radius 3 is 2.41 bits per heavy atom. The number of carboxylic acids is 2. The zero-order valence-corrected chi connectivity index (χ0v) is 23.5. The Hall–Kier alpha value is -3.33. The summed E-state index contributed by atoms with van der Waals surface area (Å²) in [6.45, 7) is -0.393. The van der Waals surface area contributed by atoms with Gasteiger partial charge in [0.05, 0.1) is 16.2 Å². The fourth-order valence-electron chi connectivity index (χ4n) is 4.39. The molecular weight excluding hydrogens is 609 g/mol. The van der Waals surface area contributed by atoms with Gasteiger partial charge in [0.15, 0.2) is 17.2 Å². The second-order valence-corrected chi connectivity index (χ2v) is 12.6. The number of alkyl halides is 3. The van der Waals surface area contributed by atoms with Gasteiger partial charge >= 0.3 is 18.1 Å². The van der Waals surface area contributed by atoms with Crippen LogP contribution in [0, 0.1) is 0 Å². The van der Waals surface area contributed by atoms with E-state index in [0.717, 1.165) is 23.5 Å². The van der Waals surface area contributed by atoms with Crippen LogP contribution >= 0.6 is 22.9 Å². The van der Waals surface area contributed by atoms with Gasteiger partial charge in [-0.05, 0) is 42.2 Å². The number of carboxylic acid groups (broad SMARTS) is 2. The summed E-state index contributed by atoms with van der Waals surface area (Å²) in [7, 11) is -3.83. The smallest absolute Gasteiger partial charge is 0.416 e. The maximum atomic E-state index is 13.0. The number of ether oxygens (including phenoxy) is 1. The van der Waals surface area contributed by atoms with Gasteiger partial charge in [0.25, 0.3) is 0 Å². The molecule has 2 heterocycles. The molecule has 4 rings (SSSR count). The van der Waals surface area contributed by atoms with Crippen LogP contribution in [0.2, 0.25) is 5.02 Å². The second-order valence-electron chi connectivity index (χ2n) is 9.24. The van der Waals surface area contributed by atoms with Crippen molar-refractivity contribution in [3.63, 3.8) is 0 Å². The lowest BCUT2D eigenvalue weighted by Gasteiger charge is -2.32. The summed E-state index contributed by atoms with van der Waals surface area (Å²) in [5.41, 5.74) is 0.398. The lowest BCUT2D eigenvalue weighted by molar-refractivity contribution is -0.139. The van der Waals surface area contributed by atoms with Crippen molar-refractivity contribution in [3.05, 3.63) is 69.6 Å². The van der Waals surface area contributed by atoms with Crippen LogP contribution in [0.25, 0.3) is 10.4 Å². The topological polar surface area (TPSA) is 133 Å². The summed E-state index contributed by atoms with van der Waals surface area (Å²) in [6, 6.07) is 11.1. The first-order valence-electron chi connectivity index (χ1n) is 12.2. The maximum Gasteiger partial charge on any atom is 0.416 e. The van der Waals surface area contributed by atoms with Crippen molar-refractivity contribution in [2.45, 2.75) is 30.8 Å². The van der Waals surface area contributed by atoms with Gasteiger partial charge in [-0.3, -0.25) is 0 Å². The van der Waals surface area contributed by atoms with E-state index in [1.165, 1.54) is 16.4 Å². The van der Waals surface area contributed by atoms with Crippen molar-refractivity contribution in [1.29, 1.82) is 0 Å². The average Bonchev–Trinajstić information content (AvgIpc) is 3.23. The van der Waals surface area contributed by atoms with Crippen molar-refractivity contribution in [3.8, 4) is 16.2 Å². The molecule has 3 aromatic rings. The van der Waals surface area contributed by atoms with Crippen LogP contribution in [0.3, 0.4) is 0 Å². The van der Waals surface area contributed by atoms with Gasteiger partial charge in [-0.1, -0.05) is 41.9 Å². The third-order valence-electron chi connectivity index (χ3n) is 6.29. The molecule has 1 saturated heterocycles. The van der Waals surface area contributed by atoms with Crippen molar-refractivity contribution in [2.24, 2.45) is 0 Å². The molecule has 1 aliphatic rings. The average molecular weight is 633 g/mol. The van der Waals surface area contributed by atoms with Crippen molar-refractivity contribution >= 4 is 50.6 Å². The number of hydrogen-bond acceptors (Lipinski definition) is 7. The molecule has 15 heteroatoms. The number of anilines is 1. The number of thiophene rings is 1. The Morgan fingerprint density at radius 1 is 1.10 bits per heavy atom. The summed E-state index contributed by atoms with van der Waals surface area (Å²) < 4.78 is 71.2. The van der Waals surface area contributed by atoms with Crippen LogP contribution in [0.15, 0.2) is 48.5 Å². The highest BCUT2D eigenvalue weighted by atomic mass is 35.5. The SMILES string of the molecule is O=C(O)COc1c(C(=O)O)sc(-c2cccc(NC3CCN(S(=O)(=O)Cc4cccc(C(F)(F)F)c4)CC3)c2)c1Cl. The normalized spacial score (nSPS) is 15.0. The molecule has 1 fully saturated rings. The van der Waals surface area contributed by atoms with E-state index in [4.69, 9.17) is 21.4 Å². The number of aromatic carboxylic acids is 1. The van der Waals surface area contributed by atoms with Crippen LogP contribution in [0.5, 0.6) is 5.75 Å². The number of sulfonamides is 1. The molecule has 0 unspecified atom stereocenters. The first-order valence-corrected chi connectivity index (χ1v) is 15.0. The van der Waals surface area contributed by atoms with Crippen LogP contribution < -0.4 is 10.1 Å². The summed E-state index contributed by atoms with van der Waals surface area (Å²) >= 11 is 7.22. The molecular formula is C26H24ClF3N2O7S2. The van der Waals surface area contributed by atoms with Crippen molar-refractivity contribution in [2.75, 3.05) is 25.0 Å². The molecule has 0 radical (unpaired) electrons. The molecule has 1 aliphatic heterocycles. The lowest BCUT2D eigenvalue weighted by atomic mass is 10.1. The number of halogens is 4. The summed E-state index contributed by atoms with van der Waals surface area (Å²) in [5, 5.41) is 21.7. The molecule has 0 amide bonds. The molecule has 0 spiro atoms. The third kappa shape index (κ3) is 7.50. The number of nitrogens with one attached hydrogen (secondary N) is 1. The van der Waals surface area contributed by atoms with E-state index >= 15 is 0 Å². The van der Waals surface area contributed by atoms with Gasteiger partial charge in [0.1, 0.15) is 5.02 Å². The highest BCUT2D eigenvalue weighted by molar-refractivity contribution is 7.88. The molecule has 2 aromatic carbocycles.